The molecule has 3 fully saturated rings. The number of aliphatic hydroxyl groups is 5. The molecule has 0 aromatic heterocycles. The van der Waals surface area contributed by atoms with Crippen LogP contribution in [0.3, 0.4) is 0 Å². The maximum absolute atomic E-state index is 12.4. The molecule has 0 bridgehead atoms. The molecule has 4 rings (SSSR count). The van der Waals surface area contributed by atoms with Crippen LogP contribution in [0.5, 0.6) is 5.75 Å². The van der Waals surface area contributed by atoms with Gasteiger partial charge in [-0.3, -0.25) is 4.79 Å². The van der Waals surface area contributed by atoms with Gasteiger partial charge in [-0.2, -0.15) is 0 Å². The van der Waals surface area contributed by atoms with Crippen LogP contribution in [0.25, 0.3) is 6.08 Å². The molecule has 204 valence electrons. The van der Waals surface area contributed by atoms with E-state index < -0.39 is 79.4 Å². The second kappa shape index (κ2) is 11.0. The summed E-state index contributed by atoms with van der Waals surface area (Å²) in [5.74, 6) is -3.43. The molecule has 12 heteroatoms. The van der Waals surface area contributed by atoms with Crippen molar-refractivity contribution in [2.45, 2.75) is 55.8 Å². The van der Waals surface area contributed by atoms with Crippen LogP contribution < -0.4 is 0 Å². The molecule has 0 unspecified atom stereocenters. The molecule has 1 aromatic carbocycles. The molecule has 6 N–H and O–H groups in total. The first-order chi connectivity index (χ1) is 17.6. The summed E-state index contributed by atoms with van der Waals surface area (Å²) in [7, 11) is 0. The highest BCUT2D eigenvalue weighted by Gasteiger charge is 2.62. The van der Waals surface area contributed by atoms with Gasteiger partial charge in [0.2, 0.25) is 0 Å². The number of hydrogen-bond donors (Lipinski definition) is 6. The highest BCUT2D eigenvalue weighted by Crippen LogP contribution is 2.50. The van der Waals surface area contributed by atoms with E-state index in [1.807, 2.05) is 0 Å². The summed E-state index contributed by atoms with van der Waals surface area (Å²) < 4.78 is 21.7. The Morgan fingerprint density at radius 2 is 1.89 bits per heavy atom. The predicted molar refractivity (Wildman–Crippen MR) is 123 cm³/mol. The van der Waals surface area contributed by atoms with E-state index in [2.05, 4.69) is 0 Å². The highest BCUT2D eigenvalue weighted by atomic mass is 16.7. The monoisotopic (exact) mass is 524 g/mol. The lowest BCUT2D eigenvalue weighted by atomic mass is 9.78. The van der Waals surface area contributed by atoms with Gasteiger partial charge >= 0.3 is 11.9 Å². The summed E-state index contributed by atoms with van der Waals surface area (Å²) >= 11 is 0. The predicted octanol–water partition coefficient (Wildman–Crippen LogP) is -1.31. The van der Waals surface area contributed by atoms with Gasteiger partial charge in [0.15, 0.2) is 12.4 Å². The summed E-state index contributed by atoms with van der Waals surface area (Å²) in [5.41, 5.74) is -0.948. The van der Waals surface area contributed by atoms with Gasteiger partial charge in [-0.25, -0.2) is 4.79 Å². The number of hydrogen-bond acceptors (Lipinski definition) is 12. The second-order valence-electron chi connectivity index (χ2n) is 9.76. The molecule has 1 aliphatic carbocycles. The first-order valence-electron chi connectivity index (χ1n) is 12.0. The first-order valence-corrected chi connectivity index (χ1v) is 12.0. The average molecular weight is 525 g/mol. The Hall–Kier alpha value is -2.58. The summed E-state index contributed by atoms with van der Waals surface area (Å²) in [5, 5.41) is 61.0. The molecular weight excluding hydrogens is 492 g/mol. The molecule has 2 aliphatic heterocycles. The molecular formula is C25H32O12. The summed E-state index contributed by atoms with van der Waals surface area (Å²) in [6.45, 7) is 0.158. The summed E-state index contributed by atoms with van der Waals surface area (Å²) in [6.07, 6.45) is -5.25. The van der Waals surface area contributed by atoms with E-state index in [9.17, 15) is 40.2 Å². The number of carbonyl (C=O) groups is 2. The third-order valence-corrected chi connectivity index (χ3v) is 7.49. The van der Waals surface area contributed by atoms with Gasteiger partial charge in [0.1, 0.15) is 30.2 Å². The number of rotatable bonds is 8. The van der Waals surface area contributed by atoms with Crippen LogP contribution in [0.2, 0.25) is 0 Å². The van der Waals surface area contributed by atoms with Crippen molar-refractivity contribution in [1.29, 1.82) is 0 Å². The zero-order chi connectivity index (χ0) is 26.9. The van der Waals surface area contributed by atoms with Crippen molar-refractivity contribution in [3.05, 3.63) is 35.9 Å². The van der Waals surface area contributed by atoms with E-state index in [1.54, 1.807) is 19.1 Å². The number of benzene rings is 1. The molecule has 3 aliphatic rings. The fraction of sp³-hybridized carbons (Fsp3) is 0.600. The quantitative estimate of drug-likeness (QED) is 0.174. The van der Waals surface area contributed by atoms with Crippen LogP contribution in [0, 0.1) is 17.8 Å². The van der Waals surface area contributed by atoms with Crippen molar-refractivity contribution >= 4 is 18.0 Å². The van der Waals surface area contributed by atoms with Crippen molar-refractivity contribution in [1.82, 2.24) is 0 Å². The Bertz CT molecular complexity index is 994. The van der Waals surface area contributed by atoms with Crippen molar-refractivity contribution in [3.63, 3.8) is 0 Å². The van der Waals surface area contributed by atoms with Gasteiger partial charge in [0, 0.05) is 12.0 Å². The fourth-order valence-corrected chi connectivity index (χ4v) is 5.35. The van der Waals surface area contributed by atoms with E-state index in [4.69, 9.17) is 18.9 Å². The van der Waals surface area contributed by atoms with Gasteiger partial charge in [0.25, 0.3) is 0 Å². The van der Waals surface area contributed by atoms with E-state index in [0.29, 0.717) is 12.0 Å². The number of phenolic OH excluding ortho intramolecular Hbond substituents is 1. The lowest BCUT2D eigenvalue weighted by Gasteiger charge is -2.41. The SMILES string of the molecule is C[C@H]1C[C@@H]2OC(=O)[C@@H](CO[C@@H]3O[C@H](CO)[C@@H](OC(=O)C=Cc4ccc(O)cc4)[C@H](O)[C@H]3O)[C@@H]2[C@]1(O)CO. The fourth-order valence-electron chi connectivity index (χ4n) is 5.35. The van der Waals surface area contributed by atoms with Crippen molar-refractivity contribution in [2.24, 2.45) is 17.8 Å². The van der Waals surface area contributed by atoms with Crippen molar-refractivity contribution < 1.29 is 59.2 Å². The minimum atomic E-state index is -1.70. The van der Waals surface area contributed by atoms with Gasteiger partial charge in [-0.15, -0.1) is 0 Å². The molecule has 10 atom stereocenters. The molecule has 0 spiro atoms. The van der Waals surface area contributed by atoms with Crippen molar-refractivity contribution in [2.75, 3.05) is 19.8 Å². The minimum Gasteiger partial charge on any atom is -0.508 e. The first kappa shape index (κ1) is 27.5. The van der Waals surface area contributed by atoms with Gasteiger partial charge in [-0.05, 0) is 36.1 Å². The van der Waals surface area contributed by atoms with Crippen LogP contribution in [-0.2, 0) is 28.5 Å². The van der Waals surface area contributed by atoms with E-state index in [-0.39, 0.29) is 18.3 Å². The molecule has 12 nitrogen and oxygen atoms in total. The number of ether oxygens (including phenoxy) is 4. The van der Waals surface area contributed by atoms with Gasteiger partial charge in [-0.1, -0.05) is 19.1 Å². The second-order valence-corrected chi connectivity index (χ2v) is 9.76. The number of esters is 2. The molecule has 2 heterocycles. The maximum Gasteiger partial charge on any atom is 0.331 e. The zero-order valence-electron chi connectivity index (χ0n) is 20.1. The number of aliphatic hydroxyl groups excluding tert-OH is 4. The number of fused-ring (bicyclic) bond motifs is 1. The molecule has 1 saturated carbocycles. The number of aromatic hydroxyl groups is 1. The average Bonchev–Trinajstić information content (AvgIpc) is 3.32. The van der Waals surface area contributed by atoms with Crippen LogP contribution in [-0.4, -0.2) is 105 Å². The molecule has 37 heavy (non-hydrogen) atoms. The largest absolute Gasteiger partial charge is 0.508 e. The Morgan fingerprint density at radius 3 is 2.54 bits per heavy atom. The molecule has 0 radical (unpaired) electrons. The van der Waals surface area contributed by atoms with Crippen LogP contribution >= 0.6 is 0 Å². The van der Waals surface area contributed by atoms with E-state index >= 15 is 0 Å². The van der Waals surface area contributed by atoms with Gasteiger partial charge in [0.05, 0.1) is 31.3 Å². The minimum absolute atomic E-state index is 0.0604. The number of carbonyl (C=O) groups excluding carboxylic acids is 2. The van der Waals surface area contributed by atoms with Gasteiger partial charge < -0.3 is 49.6 Å². The Kier molecular flexibility index (Phi) is 8.19. The normalized spacial score (nSPS) is 39.5. The third kappa shape index (κ3) is 5.36. The highest BCUT2D eigenvalue weighted by molar-refractivity contribution is 5.87. The maximum atomic E-state index is 12.4. The molecule has 2 saturated heterocycles. The van der Waals surface area contributed by atoms with Crippen LogP contribution in [0.1, 0.15) is 18.9 Å². The van der Waals surface area contributed by atoms with Crippen LogP contribution in [0.15, 0.2) is 30.3 Å². The smallest absolute Gasteiger partial charge is 0.331 e. The summed E-state index contributed by atoms with van der Waals surface area (Å²) in [6, 6.07) is 6.00. The number of phenols is 1. The standard InChI is InChI=1S/C25H32O12/c1-12-8-16-19(25(12,33)11-27)15(23(32)35-16)10-34-24-21(31)20(30)22(17(9-26)36-24)37-18(29)7-4-13-2-5-14(28)6-3-13/h2-7,12,15-17,19-22,24,26-28,30-31,33H,8-11H2,1H3/t12-,15-,16-,17+,19-,20+,21+,22+,24+,25-/m0/s1. The van der Waals surface area contributed by atoms with Crippen LogP contribution in [0.4, 0.5) is 0 Å². The lowest BCUT2D eigenvalue weighted by Crippen LogP contribution is -2.60. The molecule has 1 aromatic rings. The Balaban J connectivity index is 1.38. The van der Waals surface area contributed by atoms with E-state index in [0.717, 1.165) is 6.08 Å². The Labute approximate surface area is 212 Å². The topological polar surface area (TPSA) is 192 Å². The lowest BCUT2D eigenvalue weighted by molar-refractivity contribution is -0.305. The van der Waals surface area contributed by atoms with E-state index in [1.165, 1.54) is 18.2 Å². The Morgan fingerprint density at radius 1 is 1.19 bits per heavy atom. The van der Waals surface area contributed by atoms with Crippen molar-refractivity contribution in [3.8, 4) is 5.75 Å². The third-order valence-electron chi connectivity index (χ3n) is 7.49. The zero-order valence-corrected chi connectivity index (χ0v) is 20.1. The molecule has 0 amide bonds. The summed E-state index contributed by atoms with van der Waals surface area (Å²) in [4.78, 5) is 24.7.